The van der Waals surface area contributed by atoms with Crippen LogP contribution in [-0.2, 0) is 24.3 Å². The van der Waals surface area contributed by atoms with Crippen molar-refractivity contribution in [3.8, 4) is 5.75 Å². The number of aryl methyl sites for hydroxylation is 2. The van der Waals surface area contributed by atoms with Gasteiger partial charge < -0.3 is 10.1 Å². The Labute approximate surface area is 160 Å². The summed E-state index contributed by atoms with van der Waals surface area (Å²) in [7, 11) is 0. The standard InChI is InChI=1S/C17H20Cl2N4O3/c18-12-5-6-14(13(19)10-12)26-11-16(24)20-7-3-9-23-17(25)22-8-2-1-4-15(22)21-23/h5-6,10H,1-4,7-9,11H2,(H,20,24). The Balaban J connectivity index is 1.40. The number of hydrogen-bond donors (Lipinski definition) is 1. The Hall–Kier alpha value is -1.99. The molecule has 0 fully saturated rings. The average molecular weight is 399 g/mol. The predicted molar refractivity (Wildman–Crippen MR) is 99.0 cm³/mol. The van der Waals surface area contributed by atoms with Gasteiger partial charge in [-0.1, -0.05) is 23.2 Å². The van der Waals surface area contributed by atoms with Gasteiger partial charge in [0.2, 0.25) is 0 Å². The molecule has 1 amide bonds. The summed E-state index contributed by atoms with van der Waals surface area (Å²) in [6.45, 7) is 1.52. The van der Waals surface area contributed by atoms with Gasteiger partial charge in [-0.25, -0.2) is 9.48 Å². The number of carbonyl (C=O) groups is 1. The van der Waals surface area contributed by atoms with E-state index in [0.29, 0.717) is 35.3 Å². The average Bonchev–Trinajstić information content (AvgIpc) is 2.94. The lowest BCUT2D eigenvalue weighted by molar-refractivity contribution is -0.123. The second-order valence-electron chi connectivity index (χ2n) is 6.10. The number of aromatic nitrogens is 3. The van der Waals surface area contributed by atoms with Crippen molar-refractivity contribution in [3.05, 3.63) is 44.6 Å². The number of hydrogen-bond acceptors (Lipinski definition) is 4. The Morgan fingerprint density at radius 3 is 2.92 bits per heavy atom. The quantitative estimate of drug-likeness (QED) is 0.725. The summed E-state index contributed by atoms with van der Waals surface area (Å²) >= 11 is 11.8. The minimum Gasteiger partial charge on any atom is -0.482 e. The van der Waals surface area contributed by atoms with Crippen LogP contribution >= 0.6 is 23.2 Å². The molecule has 1 aromatic carbocycles. The molecule has 1 aromatic heterocycles. The van der Waals surface area contributed by atoms with E-state index in [1.807, 2.05) is 0 Å². The second-order valence-corrected chi connectivity index (χ2v) is 6.94. The first kappa shape index (κ1) is 18.8. The van der Waals surface area contributed by atoms with Gasteiger partial charge >= 0.3 is 5.69 Å². The summed E-state index contributed by atoms with van der Waals surface area (Å²) in [5.41, 5.74) is -0.0632. The molecule has 0 saturated heterocycles. The monoisotopic (exact) mass is 398 g/mol. The molecular weight excluding hydrogens is 379 g/mol. The Kier molecular flexibility index (Phi) is 6.21. The van der Waals surface area contributed by atoms with Crippen molar-refractivity contribution < 1.29 is 9.53 Å². The summed E-state index contributed by atoms with van der Waals surface area (Å²) in [6.07, 6.45) is 3.56. The molecule has 7 nitrogen and oxygen atoms in total. The molecule has 140 valence electrons. The van der Waals surface area contributed by atoms with Crippen LogP contribution in [0.3, 0.4) is 0 Å². The molecule has 1 N–H and O–H groups in total. The van der Waals surface area contributed by atoms with Crippen LogP contribution in [0.1, 0.15) is 25.1 Å². The van der Waals surface area contributed by atoms with Gasteiger partial charge in [0.1, 0.15) is 11.6 Å². The van der Waals surface area contributed by atoms with Gasteiger partial charge in [0.25, 0.3) is 5.91 Å². The number of benzene rings is 1. The zero-order valence-electron chi connectivity index (χ0n) is 14.2. The minimum absolute atomic E-state index is 0.0632. The lowest BCUT2D eigenvalue weighted by Gasteiger charge is -2.09. The Bertz CT molecular complexity index is 847. The van der Waals surface area contributed by atoms with Crippen LogP contribution in [0, 0.1) is 0 Å². The molecular formula is C17H20Cl2N4O3. The van der Waals surface area contributed by atoms with Gasteiger partial charge in [-0.2, -0.15) is 5.10 Å². The Morgan fingerprint density at radius 1 is 1.31 bits per heavy atom. The topological polar surface area (TPSA) is 78.2 Å². The van der Waals surface area contributed by atoms with Crippen molar-refractivity contribution in [2.75, 3.05) is 13.2 Å². The first-order valence-electron chi connectivity index (χ1n) is 8.55. The number of nitrogens with one attached hydrogen (secondary N) is 1. The van der Waals surface area contributed by atoms with Crippen molar-refractivity contribution in [2.45, 2.75) is 38.8 Å². The van der Waals surface area contributed by atoms with E-state index >= 15 is 0 Å². The van der Waals surface area contributed by atoms with E-state index in [2.05, 4.69) is 10.4 Å². The molecule has 0 saturated carbocycles. The molecule has 1 aliphatic rings. The van der Waals surface area contributed by atoms with Gasteiger partial charge in [-0.3, -0.25) is 9.36 Å². The minimum atomic E-state index is -0.257. The van der Waals surface area contributed by atoms with E-state index in [9.17, 15) is 9.59 Å². The summed E-state index contributed by atoms with van der Waals surface area (Å²) in [6, 6.07) is 4.81. The first-order chi connectivity index (χ1) is 12.5. The fourth-order valence-electron chi connectivity index (χ4n) is 2.84. The van der Waals surface area contributed by atoms with E-state index in [0.717, 1.165) is 31.6 Å². The highest BCUT2D eigenvalue weighted by Gasteiger charge is 2.16. The van der Waals surface area contributed by atoms with E-state index in [1.165, 1.54) is 4.68 Å². The van der Waals surface area contributed by atoms with Crippen LogP contribution in [0.2, 0.25) is 10.0 Å². The number of ether oxygens (including phenoxy) is 1. The zero-order chi connectivity index (χ0) is 18.5. The first-order valence-corrected chi connectivity index (χ1v) is 9.31. The van der Waals surface area contributed by atoms with Gasteiger partial charge in [-0.05, 0) is 37.5 Å². The molecule has 0 radical (unpaired) electrons. The number of halogens is 2. The van der Waals surface area contributed by atoms with E-state index in [4.69, 9.17) is 27.9 Å². The van der Waals surface area contributed by atoms with E-state index < -0.39 is 0 Å². The van der Waals surface area contributed by atoms with E-state index in [-0.39, 0.29) is 18.2 Å². The van der Waals surface area contributed by atoms with Gasteiger partial charge in [0.15, 0.2) is 6.61 Å². The molecule has 2 heterocycles. The molecule has 0 aliphatic carbocycles. The zero-order valence-corrected chi connectivity index (χ0v) is 15.7. The SMILES string of the molecule is O=C(COc1ccc(Cl)cc1Cl)NCCCn1nc2n(c1=O)CCCC2. The molecule has 0 unspecified atom stereocenters. The van der Waals surface area contributed by atoms with Crippen LogP contribution in [0.25, 0.3) is 0 Å². The van der Waals surface area contributed by atoms with Crippen molar-refractivity contribution in [1.82, 2.24) is 19.7 Å². The second kappa shape index (κ2) is 8.60. The fraction of sp³-hybridized carbons (Fsp3) is 0.471. The van der Waals surface area contributed by atoms with Crippen molar-refractivity contribution in [2.24, 2.45) is 0 Å². The maximum atomic E-state index is 12.2. The third-order valence-corrected chi connectivity index (χ3v) is 4.68. The van der Waals surface area contributed by atoms with Crippen LogP contribution in [0.5, 0.6) is 5.75 Å². The molecule has 26 heavy (non-hydrogen) atoms. The molecule has 3 rings (SSSR count). The van der Waals surface area contributed by atoms with Gasteiger partial charge in [0, 0.05) is 31.1 Å². The van der Waals surface area contributed by atoms with Crippen molar-refractivity contribution >= 4 is 29.1 Å². The fourth-order valence-corrected chi connectivity index (χ4v) is 3.30. The van der Waals surface area contributed by atoms with Crippen LogP contribution < -0.4 is 15.7 Å². The largest absolute Gasteiger partial charge is 0.482 e. The van der Waals surface area contributed by atoms with Gasteiger partial charge in [0.05, 0.1) is 5.02 Å². The van der Waals surface area contributed by atoms with Crippen LogP contribution in [-0.4, -0.2) is 33.4 Å². The lowest BCUT2D eigenvalue weighted by atomic mass is 10.2. The molecule has 0 spiro atoms. The number of carbonyl (C=O) groups excluding carboxylic acids is 1. The highest BCUT2D eigenvalue weighted by Crippen LogP contribution is 2.27. The summed E-state index contributed by atoms with van der Waals surface area (Å²) in [4.78, 5) is 24.0. The van der Waals surface area contributed by atoms with Crippen LogP contribution in [0.4, 0.5) is 0 Å². The number of amides is 1. The molecule has 2 aromatic rings. The molecule has 0 bridgehead atoms. The lowest BCUT2D eigenvalue weighted by Crippen LogP contribution is -2.31. The highest BCUT2D eigenvalue weighted by atomic mass is 35.5. The molecule has 1 aliphatic heterocycles. The number of nitrogens with zero attached hydrogens (tertiary/aromatic N) is 3. The van der Waals surface area contributed by atoms with E-state index in [1.54, 1.807) is 22.8 Å². The summed E-state index contributed by atoms with van der Waals surface area (Å²) < 4.78 is 8.59. The highest BCUT2D eigenvalue weighted by molar-refractivity contribution is 6.35. The van der Waals surface area contributed by atoms with Gasteiger partial charge in [-0.15, -0.1) is 0 Å². The normalized spacial score (nSPS) is 13.3. The molecule has 9 heteroatoms. The Morgan fingerprint density at radius 2 is 2.15 bits per heavy atom. The van der Waals surface area contributed by atoms with Crippen molar-refractivity contribution in [3.63, 3.8) is 0 Å². The number of fused-ring (bicyclic) bond motifs is 1. The van der Waals surface area contributed by atoms with Crippen LogP contribution in [0.15, 0.2) is 23.0 Å². The maximum Gasteiger partial charge on any atom is 0.345 e. The third kappa shape index (κ3) is 4.59. The third-order valence-electron chi connectivity index (χ3n) is 4.15. The number of rotatable bonds is 7. The molecule has 0 atom stereocenters. The summed E-state index contributed by atoms with van der Waals surface area (Å²) in [5.74, 6) is 1.01. The van der Waals surface area contributed by atoms with Crippen molar-refractivity contribution in [1.29, 1.82) is 0 Å². The smallest absolute Gasteiger partial charge is 0.345 e. The summed E-state index contributed by atoms with van der Waals surface area (Å²) in [5, 5.41) is 7.97. The maximum absolute atomic E-state index is 12.2. The predicted octanol–water partition coefficient (Wildman–Crippen LogP) is 2.27.